The van der Waals surface area contributed by atoms with Crippen LogP contribution in [0, 0.1) is 11.8 Å². The molecule has 0 fully saturated rings. The van der Waals surface area contributed by atoms with Crippen LogP contribution in [0.15, 0.2) is 18.2 Å². The van der Waals surface area contributed by atoms with Gasteiger partial charge in [-0.05, 0) is 50.8 Å². The third-order valence-electron chi connectivity index (χ3n) is 3.24. The minimum Gasteiger partial charge on any atom is -0.378 e. The zero-order valence-electron chi connectivity index (χ0n) is 13.5. The Morgan fingerprint density at radius 1 is 1.20 bits per heavy atom. The van der Waals surface area contributed by atoms with Crippen LogP contribution >= 0.6 is 0 Å². The van der Waals surface area contributed by atoms with Gasteiger partial charge in [0.1, 0.15) is 5.60 Å². The van der Waals surface area contributed by atoms with Crippen molar-refractivity contribution >= 4 is 5.69 Å². The number of anilines is 1. The fraction of sp³-hybridized carbons (Fsp3) is 0.556. The second kappa shape index (κ2) is 7.36. The number of aliphatic hydroxyl groups is 1. The molecule has 20 heavy (non-hydrogen) atoms. The van der Waals surface area contributed by atoms with Crippen molar-refractivity contribution < 1.29 is 5.11 Å². The van der Waals surface area contributed by atoms with Gasteiger partial charge in [0.15, 0.2) is 0 Å². The van der Waals surface area contributed by atoms with E-state index in [1.165, 1.54) is 24.1 Å². The van der Waals surface area contributed by atoms with Crippen molar-refractivity contribution in [1.29, 1.82) is 0 Å². The first-order chi connectivity index (χ1) is 9.47. The fourth-order valence-corrected chi connectivity index (χ4v) is 2.30. The Balaban J connectivity index is 0.000000956. The number of benzene rings is 1. The van der Waals surface area contributed by atoms with Crippen LogP contribution in [0.25, 0.3) is 0 Å². The molecule has 110 valence electrons. The molecule has 1 aliphatic rings. The molecule has 0 saturated carbocycles. The van der Waals surface area contributed by atoms with Gasteiger partial charge >= 0.3 is 0 Å². The van der Waals surface area contributed by atoms with E-state index in [4.69, 9.17) is 0 Å². The van der Waals surface area contributed by atoms with Crippen LogP contribution in [0.5, 0.6) is 0 Å². The number of hydrogen-bond donors (Lipinski definition) is 1. The molecule has 1 aliphatic heterocycles. The van der Waals surface area contributed by atoms with Crippen molar-refractivity contribution in [1.82, 2.24) is 0 Å². The summed E-state index contributed by atoms with van der Waals surface area (Å²) in [4.78, 5) is 2.30. The molecule has 1 heterocycles. The zero-order chi connectivity index (χ0) is 15.2. The first kappa shape index (κ1) is 16.6. The molecule has 1 N–H and O–H groups in total. The SMILES string of the molecule is CC.CN1CCCCc2c(C#CC(C)(C)O)cccc21. The molecule has 0 bridgehead atoms. The van der Waals surface area contributed by atoms with Gasteiger partial charge in [-0.15, -0.1) is 0 Å². The molecule has 0 unspecified atom stereocenters. The highest BCUT2D eigenvalue weighted by Gasteiger charge is 2.14. The molecule has 0 aliphatic carbocycles. The predicted molar refractivity (Wildman–Crippen MR) is 87.2 cm³/mol. The van der Waals surface area contributed by atoms with Crippen molar-refractivity contribution in [3.05, 3.63) is 29.3 Å². The number of rotatable bonds is 0. The Kier molecular flexibility index (Phi) is 6.10. The summed E-state index contributed by atoms with van der Waals surface area (Å²) in [5.74, 6) is 6.04. The van der Waals surface area contributed by atoms with E-state index < -0.39 is 5.60 Å². The maximum atomic E-state index is 9.71. The molecule has 0 atom stereocenters. The molecule has 2 rings (SSSR count). The average molecular weight is 273 g/mol. The van der Waals surface area contributed by atoms with Gasteiger partial charge in [0.05, 0.1) is 0 Å². The van der Waals surface area contributed by atoms with Gasteiger partial charge in [0.2, 0.25) is 0 Å². The summed E-state index contributed by atoms with van der Waals surface area (Å²) in [5, 5.41) is 9.71. The molecule has 0 amide bonds. The van der Waals surface area contributed by atoms with Crippen molar-refractivity contribution in [3.63, 3.8) is 0 Å². The van der Waals surface area contributed by atoms with Crippen molar-refractivity contribution in [2.45, 2.75) is 52.6 Å². The second-order valence-electron chi connectivity index (χ2n) is 5.49. The van der Waals surface area contributed by atoms with Crippen LogP contribution < -0.4 is 4.90 Å². The summed E-state index contributed by atoms with van der Waals surface area (Å²) >= 11 is 0. The van der Waals surface area contributed by atoms with Crippen LogP contribution in [0.4, 0.5) is 5.69 Å². The lowest BCUT2D eigenvalue weighted by molar-refractivity contribution is 0.143. The lowest BCUT2D eigenvalue weighted by Crippen LogP contribution is -2.18. The molecular weight excluding hydrogens is 246 g/mol. The molecule has 0 saturated heterocycles. The second-order valence-corrected chi connectivity index (χ2v) is 5.49. The molecule has 0 spiro atoms. The lowest BCUT2D eigenvalue weighted by atomic mass is 10.00. The normalized spacial score (nSPS) is 14.2. The Labute approximate surface area is 123 Å². The third-order valence-corrected chi connectivity index (χ3v) is 3.24. The summed E-state index contributed by atoms with van der Waals surface area (Å²) in [6.45, 7) is 8.54. The highest BCUT2D eigenvalue weighted by molar-refractivity contribution is 5.61. The monoisotopic (exact) mass is 273 g/mol. The summed E-state index contributed by atoms with van der Waals surface area (Å²) < 4.78 is 0. The maximum Gasteiger partial charge on any atom is 0.120 e. The van der Waals surface area contributed by atoms with Crippen molar-refractivity contribution in [2.24, 2.45) is 0 Å². The molecule has 1 aromatic rings. The van der Waals surface area contributed by atoms with E-state index in [2.05, 4.69) is 42.0 Å². The summed E-state index contributed by atoms with van der Waals surface area (Å²) in [5.41, 5.74) is 2.74. The predicted octanol–water partition coefficient (Wildman–Crippen LogP) is 3.61. The van der Waals surface area contributed by atoms with E-state index in [0.29, 0.717) is 0 Å². The molecule has 2 heteroatoms. The molecule has 1 aromatic carbocycles. The number of fused-ring (bicyclic) bond motifs is 1. The first-order valence-electron chi connectivity index (χ1n) is 7.56. The van der Waals surface area contributed by atoms with Crippen molar-refractivity contribution in [3.8, 4) is 11.8 Å². The third kappa shape index (κ3) is 4.58. The van der Waals surface area contributed by atoms with Gasteiger partial charge < -0.3 is 10.0 Å². The minimum absolute atomic E-state index is 0.931. The molecule has 0 radical (unpaired) electrons. The Morgan fingerprint density at radius 2 is 1.90 bits per heavy atom. The number of hydrogen-bond acceptors (Lipinski definition) is 2. The Hall–Kier alpha value is -1.46. The summed E-state index contributed by atoms with van der Waals surface area (Å²) in [6.07, 6.45) is 3.51. The van der Waals surface area contributed by atoms with Crippen LogP contribution in [0.3, 0.4) is 0 Å². The first-order valence-corrected chi connectivity index (χ1v) is 7.56. The highest BCUT2D eigenvalue weighted by atomic mass is 16.3. The topological polar surface area (TPSA) is 23.5 Å². The fourth-order valence-electron chi connectivity index (χ4n) is 2.30. The molecular formula is C18H27NO. The summed E-state index contributed by atoms with van der Waals surface area (Å²) in [6, 6.07) is 6.27. The van der Waals surface area contributed by atoms with Crippen LogP contribution in [-0.2, 0) is 6.42 Å². The van der Waals surface area contributed by atoms with Gasteiger partial charge in [-0.2, -0.15) is 0 Å². The Morgan fingerprint density at radius 3 is 2.55 bits per heavy atom. The van der Waals surface area contributed by atoms with E-state index in [1.54, 1.807) is 13.8 Å². The van der Waals surface area contributed by atoms with E-state index in [0.717, 1.165) is 18.5 Å². The largest absolute Gasteiger partial charge is 0.378 e. The number of nitrogens with zero attached hydrogens (tertiary/aromatic N) is 1. The quantitative estimate of drug-likeness (QED) is 0.730. The molecule has 2 nitrogen and oxygen atoms in total. The summed E-state index contributed by atoms with van der Waals surface area (Å²) in [7, 11) is 2.14. The van der Waals surface area contributed by atoms with Crippen LogP contribution in [0.2, 0.25) is 0 Å². The lowest BCUT2D eigenvalue weighted by Gasteiger charge is -2.19. The van der Waals surface area contributed by atoms with E-state index >= 15 is 0 Å². The smallest absolute Gasteiger partial charge is 0.120 e. The molecule has 0 aromatic heterocycles. The van der Waals surface area contributed by atoms with Crippen molar-refractivity contribution in [2.75, 3.05) is 18.5 Å². The van der Waals surface area contributed by atoms with E-state index in [9.17, 15) is 5.11 Å². The average Bonchev–Trinajstić information content (AvgIpc) is 2.61. The van der Waals surface area contributed by atoms with Crippen LogP contribution in [-0.4, -0.2) is 24.3 Å². The zero-order valence-corrected chi connectivity index (χ0v) is 13.5. The highest BCUT2D eigenvalue weighted by Crippen LogP contribution is 2.27. The van der Waals surface area contributed by atoms with Gasteiger partial charge in [0, 0.05) is 24.8 Å². The van der Waals surface area contributed by atoms with Crippen LogP contribution in [0.1, 0.15) is 51.7 Å². The maximum absolute atomic E-state index is 9.71. The van der Waals surface area contributed by atoms with Gasteiger partial charge in [0.25, 0.3) is 0 Å². The van der Waals surface area contributed by atoms with Gasteiger partial charge in [-0.25, -0.2) is 0 Å². The van der Waals surface area contributed by atoms with Gasteiger partial charge in [-0.1, -0.05) is 31.8 Å². The minimum atomic E-state index is -0.931. The van der Waals surface area contributed by atoms with E-state index in [-0.39, 0.29) is 0 Å². The van der Waals surface area contributed by atoms with E-state index in [1.807, 2.05) is 13.8 Å². The van der Waals surface area contributed by atoms with Gasteiger partial charge in [-0.3, -0.25) is 0 Å². The standard InChI is InChI=1S/C16H21NO.C2H6/c1-16(2,18)11-10-13-7-6-9-15-14(13)8-4-5-12-17(15)3;1-2/h6-7,9,18H,4-5,8,12H2,1-3H3;1-2H3. The Bertz CT molecular complexity index is 488.